The van der Waals surface area contributed by atoms with Crippen LogP contribution in [0.2, 0.25) is 0 Å². The van der Waals surface area contributed by atoms with Crippen LogP contribution in [0.5, 0.6) is 5.75 Å². The van der Waals surface area contributed by atoms with Crippen LogP contribution in [0.15, 0.2) is 48.5 Å². The molecular weight excluding hydrogens is 332 g/mol. The van der Waals surface area contributed by atoms with E-state index in [1.54, 1.807) is 12.1 Å². The van der Waals surface area contributed by atoms with Crippen LogP contribution in [0.3, 0.4) is 0 Å². The first-order valence-electron chi connectivity index (χ1n) is 8.49. The molecular formula is C21H28O3S. The molecule has 0 aliphatic rings. The SMILES string of the molecule is CC(C)(C)c1cc(OS(=O)(=O)Cc2ccccc2)cc(C(C)(C)C)c1. The normalized spacial score (nSPS) is 12.9. The van der Waals surface area contributed by atoms with Crippen molar-refractivity contribution >= 4 is 10.1 Å². The summed E-state index contributed by atoms with van der Waals surface area (Å²) in [5, 5.41) is 0. The minimum Gasteiger partial charge on any atom is -0.382 e. The van der Waals surface area contributed by atoms with Gasteiger partial charge in [-0.15, -0.1) is 0 Å². The van der Waals surface area contributed by atoms with Crippen molar-refractivity contribution < 1.29 is 12.6 Å². The fourth-order valence-corrected chi connectivity index (χ4v) is 3.52. The molecule has 2 aromatic carbocycles. The van der Waals surface area contributed by atoms with Gasteiger partial charge in [0.1, 0.15) is 11.5 Å². The molecule has 0 aliphatic carbocycles. The van der Waals surface area contributed by atoms with Crippen molar-refractivity contribution in [3.63, 3.8) is 0 Å². The molecule has 4 heteroatoms. The van der Waals surface area contributed by atoms with Crippen LogP contribution in [0.25, 0.3) is 0 Å². The molecule has 0 aromatic heterocycles. The molecule has 0 N–H and O–H groups in total. The maximum atomic E-state index is 12.5. The molecule has 0 unspecified atom stereocenters. The molecule has 0 amide bonds. The molecule has 0 heterocycles. The highest BCUT2D eigenvalue weighted by Gasteiger charge is 2.23. The van der Waals surface area contributed by atoms with Gasteiger partial charge in [-0.25, -0.2) is 0 Å². The first-order valence-corrected chi connectivity index (χ1v) is 10.1. The van der Waals surface area contributed by atoms with Crippen molar-refractivity contribution in [3.05, 3.63) is 65.2 Å². The highest BCUT2D eigenvalue weighted by molar-refractivity contribution is 7.86. The van der Waals surface area contributed by atoms with Crippen molar-refractivity contribution in [3.8, 4) is 5.75 Å². The molecule has 0 saturated carbocycles. The van der Waals surface area contributed by atoms with Gasteiger partial charge in [0.25, 0.3) is 0 Å². The van der Waals surface area contributed by atoms with Gasteiger partial charge in [-0.2, -0.15) is 8.42 Å². The lowest BCUT2D eigenvalue weighted by molar-refractivity contribution is 0.480. The van der Waals surface area contributed by atoms with E-state index in [0.717, 1.165) is 11.1 Å². The topological polar surface area (TPSA) is 43.4 Å². The zero-order chi connectivity index (χ0) is 18.9. The van der Waals surface area contributed by atoms with Crippen molar-refractivity contribution in [2.45, 2.75) is 58.1 Å². The molecule has 0 atom stereocenters. The number of hydrogen-bond acceptors (Lipinski definition) is 3. The summed E-state index contributed by atoms with van der Waals surface area (Å²) < 4.78 is 30.4. The van der Waals surface area contributed by atoms with Gasteiger partial charge >= 0.3 is 10.1 Å². The van der Waals surface area contributed by atoms with E-state index in [2.05, 4.69) is 47.6 Å². The lowest BCUT2D eigenvalue weighted by Crippen LogP contribution is -2.18. The van der Waals surface area contributed by atoms with E-state index >= 15 is 0 Å². The van der Waals surface area contributed by atoms with E-state index < -0.39 is 10.1 Å². The van der Waals surface area contributed by atoms with Gasteiger partial charge in [0.05, 0.1) is 0 Å². The van der Waals surface area contributed by atoms with Crippen LogP contribution in [-0.2, 0) is 26.7 Å². The van der Waals surface area contributed by atoms with E-state index in [1.807, 2.05) is 30.3 Å². The third-order valence-corrected chi connectivity index (χ3v) is 5.18. The molecule has 0 aliphatic heterocycles. The van der Waals surface area contributed by atoms with E-state index in [0.29, 0.717) is 11.3 Å². The average Bonchev–Trinajstić information content (AvgIpc) is 2.45. The Hall–Kier alpha value is -1.81. The summed E-state index contributed by atoms with van der Waals surface area (Å²) in [6, 6.07) is 14.9. The first kappa shape index (κ1) is 19.5. The van der Waals surface area contributed by atoms with Crippen LogP contribution in [0.4, 0.5) is 0 Å². The summed E-state index contributed by atoms with van der Waals surface area (Å²) in [5.74, 6) is 0.242. The Morgan fingerprint density at radius 2 is 1.28 bits per heavy atom. The zero-order valence-electron chi connectivity index (χ0n) is 16.0. The molecule has 25 heavy (non-hydrogen) atoms. The number of rotatable bonds is 4. The zero-order valence-corrected chi connectivity index (χ0v) is 16.8. The van der Waals surface area contributed by atoms with Crippen LogP contribution in [0, 0.1) is 0 Å². The van der Waals surface area contributed by atoms with Crippen LogP contribution in [-0.4, -0.2) is 8.42 Å². The second-order valence-corrected chi connectivity index (χ2v) is 10.1. The van der Waals surface area contributed by atoms with Crippen LogP contribution in [0.1, 0.15) is 58.2 Å². The lowest BCUT2D eigenvalue weighted by Gasteiger charge is -2.26. The van der Waals surface area contributed by atoms with Gasteiger partial charge in [0, 0.05) is 0 Å². The summed E-state index contributed by atoms with van der Waals surface area (Å²) in [7, 11) is -3.71. The molecule has 2 aromatic rings. The van der Waals surface area contributed by atoms with Crippen molar-refractivity contribution in [1.29, 1.82) is 0 Å². The van der Waals surface area contributed by atoms with Crippen molar-refractivity contribution in [1.82, 2.24) is 0 Å². The fourth-order valence-electron chi connectivity index (χ4n) is 2.47. The van der Waals surface area contributed by atoms with E-state index in [1.165, 1.54) is 0 Å². The maximum absolute atomic E-state index is 12.5. The van der Waals surface area contributed by atoms with Crippen LogP contribution < -0.4 is 4.18 Å². The Kier molecular flexibility index (Phi) is 5.33. The minimum atomic E-state index is -3.71. The molecule has 3 nitrogen and oxygen atoms in total. The Morgan fingerprint density at radius 1 is 0.800 bits per heavy atom. The molecule has 0 saturated heterocycles. The van der Waals surface area contributed by atoms with Crippen molar-refractivity contribution in [2.75, 3.05) is 0 Å². The summed E-state index contributed by atoms with van der Waals surface area (Å²) in [4.78, 5) is 0. The monoisotopic (exact) mass is 360 g/mol. The molecule has 0 bridgehead atoms. The molecule has 2 rings (SSSR count). The van der Waals surface area contributed by atoms with Gasteiger partial charge in [-0.1, -0.05) is 77.9 Å². The first-order chi connectivity index (χ1) is 11.4. The lowest BCUT2D eigenvalue weighted by atomic mass is 9.80. The third-order valence-electron chi connectivity index (χ3n) is 4.05. The Balaban J connectivity index is 2.38. The van der Waals surface area contributed by atoms with Gasteiger partial charge in [0.15, 0.2) is 0 Å². The van der Waals surface area contributed by atoms with E-state index in [-0.39, 0.29) is 16.6 Å². The highest BCUT2D eigenvalue weighted by atomic mass is 32.2. The molecule has 0 spiro atoms. The van der Waals surface area contributed by atoms with Gasteiger partial charge < -0.3 is 4.18 Å². The Bertz CT molecular complexity index is 791. The smallest absolute Gasteiger partial charge is 0.313 e. The second-order valence-electron chi connectivity index (χ2n) is 8.52. The van der Waals surface area contributed by atoms with Gasteiger partial charge in [-0.05, 0) is 39.7 Å². The predicted molar refractivity (Wildman–Crippen MR) is 104 cm³/mol. The van der Waals surface area contributed by atoms with E-state index in [9.17, 15) is 8.42 Å². The average molecular weight is 361 g/mol. The Labute approximate surface area is 152 Å². The third kappa shape index (κ3) is 5.60. The number of benzene rings is 2. The summed E-state index contributed by atoms with van der Waals surface area (Å²) in [5.41, 5.74) is 2.64. The van der Waals surface area contributed by atoms with Gasteiger partial charge in [-0.3, -0.25) is 0 Å². The Morgan fingerprint density at radius 3 is 1.72 bits per heavy atom. The molecule has 136 valence electrons. The van der Waals surface area contributed by atoms with E-state index in [4.69, 9.17) is 4.18 Å². The quantitative estimate of drug-likeness (QED) is 0.705. The highest BCUT2D eigenvalue weighted by Crippen LogP contribution is 2.33. The standard InChI is InChI=1S/C21H28O3S/c1-20(2,3)17-12-18(21(4,5)6)14-19(13-17)24-25(22,23)15-16-10-8-7-9-11-16/h7-14H,15H2,1-6H3. The summed E-state index contributed by atoms with van der Waals surface area (Å²) in [6.07, 6.45) is 0. The van der Waals surface area contributed by atoms with Gasteiger partial charge in [0.2, 0.25) is 0 Å². The number of hydrogen-bond donors (Lipinski definition) is 0. The van der Waals surface area contributed by atoms with Crippen molar-refractivity contribution in [2.24, 2.45) is 0 Å². The molecule has 0 radical (unpaired) electrons. The fraction of sp³-hybridized carbons (Fsp3) is 0.429. The summed E-state index contributed by atoms with van der Waals surface area (Å²) in [6.45, 7) is 12.6. The minimum absolute atomic E-state index is 0.0947. The maximum Gasteiger partial charge on any atom is 0.313 e. The predicted octanol–water partition coefficient (Wildman–Crippen LogP) is 5.19. The second kappa shape index (κ2) is 6.83. The molecule has 0 fully saturated rings. The summed E-state index contributed by atoms with van der Waals surface area (Å²) >= 11 is 0. The van der Waals surface area contributed by atoms with Crippen LogP contribution >= 0.6 is 0 Å². The largest absolute Gasteiger partial charge is 0.382 e.